The van der Waals surface area contributed by atoms with Gasteiger partial charge in [-0.15, -0.1) is 0 Å². The summed E-state index contributed by atoms with van der Waals surface area (Å²) in [4.78, 5) is 0. The standard InChI is InChI=1S/C13H18FN/c1-9-3-4-13(14)12(5-9)8-15-7-11-6-10(11)2/h3-5,10-11,15H,6-8H2,1-2H3. The van der Waals surface area contributed by atoms with Crippen LogP contribution in [0.5, 0.6) is 0 Å². The molecule has 2 heteroatoms. The Morgan fingerprint density at radius 1 is 1.47 bits per heavy atom. The van der Waals surface area contributed by atoms with Crippen molar-refractivity contribution in [2.24, 2.45) is 11.8 Å². The summed E-state index contributed by atoms with van der Waals surface area (Å²) in [5.41, 5.74) is 1.90. The molecule has 2 atom stereocenters. The van der Waals surface area contributed by atoms with Crippen LogP contribution in [0.4, 0.5) is 4.39 Å². The zero-order valence-corrected chi connectivity index (χ0v) is 9.39. The van der Waals surface area contributed by atoms with Gasteiger partial charge in [0.1, 0.15) is 5.82 Å². The largest absolute Gasteiger partial charge is 0.312 e. The lowest BCUT2D eigenvalue weighted by molar-refractivity contribution is 0.569. The summed E-state index contributed by atoms with van der Waals surface area (Å²) >= 11 is 0. The molecule has 1 N–H and O–H groups in total. The lowest BCUT2D eigenvalue weighted by atomic mass is 10.1. The van der Waals surface area contributed by atoms with Crippen molar-refractivity contribution < 1.29 is 4.39 Å². The van der Waals surface area contributed by atoms with Gasteiger partial charge in [0.2, 0.25) is 0 Å². The van der Waals surface area contributed by atoms with Crippen LogP contribution in [0.3, 0.4) is 0 Å². The molecule has 0 amide bonds. The molecule has 2 unspecified atom stereocenters. The molecule has 1 saturated carbocycles. The molecule has 0 heterocycles. The topological polar surface area (TPSA) is 12.0 Å². The molecule has 1 aromatic carbocycles. The second kappa shape index (κ2) is 4.31. The van der Waals surface area contributed by atoms with Gasteiger partial charge in [-0.25, -0.2) is 4.39 Å². The highest BCUT2D eigenvalue weighted by Gasteiger charge is 2.31. The van der Waals surface area contributed by atoms with E-state index in [1.54, 1.807) is 6.07 Å². The van der Waals surface area contributed by atoms with Crippen LogP contribution in [-0.2, 0) is 6.54 Å². The van der Waals surface area contributed by atoms with Gasteiger partial charge in [-0.1, -0.05) is 24.6 Å². The van der Waals surface area contributed by atoms with Gasteiger partial charge in [-0.3, -0.25) is 0 Å². The first kappa shape index (κ1) is 10.6. The fourth-order valence-corrected chi connectivity index (χ4v) is 1.91. The summed E-state index contributed by atoms with van der Waals surface area (Å²) in [5.74, 6) is 1.58. The minimum Gasteiger partial charge on any atom is -0.312 e. The molecular weight excluding hydrogens is 189 g/mol. The van der Waals surface area contributed by atoms with Crippen LogP contribution in [0, 0.1) is 24.6 Å². The molecule has 1 aliphatic carbocycles. The van der Waals surface area contributed by atoms with E-state index in [2.05, 4.69) is 12.2 Å². The van der Waals surface area contributed by atoms with Crippen molar-refractivity contribution in [2.45, 2.75) is 26.8 Å². The first-order valence-corrected chi connectivity index (χ1v) is 5.62. The molecule has 0 radical (unpaired) electrons. The molecule has 1 fully saturated rings. The fraction of sp³-hybridized carbons (Fsp3) is 0.538. The maximum absolute atomic E-state index is 13.3. The molecule has 1 aromatic rings. The highest BCUT2D eigenvalue weighted by Crippen LogP contribution is 2.36. The van der Waals surface area contributed by atoms with E-state index in [4.69, 9.17) is 0 Å². The van der Waals surface area contributed by atoms with Crippen LogP contribution in [0.15, 0.2) is 18.2 Å². The predicted octanol–water partition coefficient (Wildman–Crippen LogP) is 2.88. The normalized spacial score (nSPS) is 24.2. The molecule has 2 rings (SSSR count). The first-order chi connectivity index (χ1) is 7.16. The summed E-state index contributed by atoms with van der Waals surface area (Å²) in [5, 5.41) is 3.32. The van der Waals surface area contributed by atoms with E-state index in [1.165, 1.54) is 6.42 Å². The maximum atomic E-state index is 13.3. The van der Waals surface area contributed by atoms with Gasteiger partial charge in [0.15, 0.2) is 0 Å². The van der Waals surface area contributed by atoms with Crippen molar-refractivity contribution in [1.29, 1.82) is 0 Å². The number of benzene rings is 1. The summed E-state index contributed by atoms with van der Waals surface area (Å²) in [6, 6.07) is 5.27. The van der Waals surface area contributed by atoms with Gasteiger partial charge >= 0.3 is 0 Å². The third-order valence-corrected chi connectivity index (χ3v) is 3.20. The maximum Gasteiger partial charge on any atom is 0.127 e. The molecule has 1 aliphatic rings. The van der Waals surface area contributed by atoms with Gasteiger partial charge < -0.3 is 5.32 Å². The molecule has 15 heavy (non-hydrogen) atoms. The molecule has 0 aliphatic heterocycles. The quantitative estimate of drug-likeness (QED) is 0.800. The molecule has 82 valence electrons. The van der Waals surface area contributed by atoms with E-state index < -0.39 is 0 Å². The van der Waals surface area contributed by atoms with Crippen molar-refractivity contribution in [2.75, 3.05) is 6.54 Å². The lowest BCUT2D eigenvalue weighted by Crippen LogP contribution is -2.17. The van der Waals surface area contributed by atoms with E-state index in [-0.39, 0.29) is 5.82 Å². The van der Waals surface area contributed by atoms with E-state index >= 15 is 0 Å². The highest BCUT2D eigenvalue weighted by atomic mass is 19.1. The van der Waals surface area contributed by atoms with Crippen LogP contribution in [-0.4, -0.2) is 6.54 Å². The molecular formula is C13H18FN. The molecule has 0 spiro atoms. The Balaban J connectivity index is 1.84. The van der Waals surface area contributed by atoms with Crippen LogP contribution < -0.4 is 5.32 Å². The van der Waals surface area contributed by atoms with Crippen molar-refractivity contribution in [1.82, 2.24) is 5.32 Å². The number of halogens is 1. The predicted molar refractivity (Wildman–Crippen MR) is 60.1 cm³/mol. The monoisotopic (exact) mass is 207 g/mol. The van der Waals surface area contributed by atoms with Crippen LogP contribution >= 0.6 is 0 Å². The third kappa shape index (κ3) is 2.78. The first-order valence-electron chi connectivity index (χ1n) is 5.62. The van der Waals surface area contributed by atoms with Gasteiger partial charge in [0.25, 0.3) is 0 Å². The second-order valence-electron chi connectivity index (χ2n) is 4.70. The third-order valence-electron chi connectivity index (χ3n) is 3.20. The van der Waals surface area contributed by atoms with Crippen molar-refractivity contribution in [3.63, 3.8) is 0 Å². The Labute approximate surface area is 90.7 Å². The molecule has 0 bridgehead atoms. The number of hydrogen-bond donors (Lipinski definition) is 1. The van der Waals surface area contributed by atoms with Crippen LogP contribution in [0.1, 0.15) is 24.5 Å². The van der Waals surface area contributed by atoms with Crippen LogP contribution in [0.25, 0.3) is 0 Å². The number of nitrogens with one attached hydrogen (secondary N) is 1. The zero-order chi connectivity index (χ0) is 10.8. The Kier molecular flexibility index (Phi) is 3.06. The van der Waals surface area contributed by atoms with Crippen LogP contribution in [0.2, 0.25) is 0 Å². The van der Waals surface area contributed by atoms with Gasteiger partial charge in [0.05, 0.1) is 0 Å². The Bertz CT molecular complexity index is 348. The molecule has 1 nitrogen and oxygen atoms in total. The summed E-state index contributed by atoms with van der Waals surface area (Å²) < 4.78 is 13.3. The van der Waals surface area contributed by atoms with E-state index in [1.807, 2.05) is 19.1 Å². The van der Waals surface area contributed by atoms with E-state index in [9.17, 15) is 4.39 Å². The summed E-state index contributed by atoms with van der Waals surface area (Å²) in [6.45, 7) is 5.93. The average Bonchev–Trinajstić information content (AvgIpc) is 2.88. The summed E-state index contributed by atoms with van der Waals surface area (Å²) in [7, 11) is 0. The van der Waals surface area contributed by atoms with Gasteiger partial charge in [0, 0.05) is 12.1 Å². The smallest absolute Gasteiger partial charge is 0.127 e. The van der Waals surface area contributed by atoms with Gasteiger partial charge in [-0.2, -0.15) is 0 Å². The minimum atomic E-state index is -0.100. The zero-order valence-electron chi connectivity index (χ0n) is 9.39. The lowest BCUT2D eigenvalue weighted by Gasteiger charge is -2.06. The number of aryl methyl sites for hydroxylation is 1. The van der Waals surface area contributed by atoms with E-state index in [0.717, 1.165) is 29.5 Å². The SMILES string of the molecule is Cc1ccc(F)c(CNCC2CC2C)c1. The Morgan fingerprint density at radius 3 is 2.87 bits per heavy atom. The fourth-order valence-electron chi connectivity index (χ4n) is 1.91. The van der Waals surface area contributed by atoms with Gasteiger partial charge in [-0.05, 0) is 37.8 Å². The van der Waals surface area contributed by atoms with Crippen molar-refractivity contribution in [3.8, 4) is 0 Å². The highest BCUT2D eigenvalue weighted by molar-refractivity contribution is 5.23. The molecule has 0 aromatic heterocycles. The van der Waals surface area contributed by atoms with E-state index in [0.29, 0.717) is 6.54 Å². The Hall–Kier alpha value is -0.890. The Morgan fingerprint density at radius 2 is 2.20 bits per heavy atom. The number of hydrogen-bond acceptors (Lipinski definition) is 1. The van der Waals surface area contributed by atoms with Crippen molar-refractivity contribution in [3.05, 3.63) is 35.1 Å². The average molecular weight is 207 g/mol. The number of rotatable bonds is 4. The minimum absolute atomic E-state index is 0.100. The molecule has 0 saturated heterocycles. The van der Waals surface area contributed by atoms with Crippen molar-refractivity contribution >= 4 is 0 Å². The summed E-state index contributed by atoms with van der Waals surface area (Å²) in [6.07, 6.45) is 1.32. The second-order valence-corrected chi connectivity index (χ2v) is 4.70.